The number of pyridine rings is 1. The highest BCUT2D eigenvalue weighted by Gasteiger charge is 2.13. The van der Waals surface area contributed by atoms with Gasteiger partial charge in [0.1, 0.15) is 0 Å². The van der Waals surface area contributed by atoms with Crippen molar-refractivity contribution in [3.05, 3.63) is 30.1 Å². The van der Waals surface area contributed by atoms with Crippen LogP contribution in [0.4, 0.5) is 4.79 Å². The molecular weight excluding hydrogens is 234 g/mol. The van der Waals surface area contributed by atoms with E-state index in [-0.39, 0.29) is 18.5 Å². The summed E-state index contributed by atoms with van der Waals surface area (Å²) in [5.41, 5.74) is 0.937. The van der Waals surface area contributed by atoms with Gasteiger partial charge >= 0.3 is 12.0 Å². The first-order chi connectivity index (χ1) is 8.61. The topological polar surface area (TPSA) is 91.3 Å². The number of carbonyl (C=O) groups is 2. The molecule has 98 valence electrons. The Hall–Kier alpha value is -2.11. The molecule has 2 amide bonds. The van der Waals surface area contributed by atoms with Crippen LogP contribution in [-0.2, 0) is 11.3 Å². The number of nitrogens with zero attached hydrogens (tertiary/aromatic N) is 1. The van der Waals surface area contributed by atoms with E-state index in [2.05, 4.69) is 15.6 Å². The van der Waals surface area contributed by atoms with Crippen LogP contribution in [-0.4, -0.2) is 28.1 Å². The summed E-state index contributed by atoms with van der Waals surface area (Å²) in [6.45, 7) is 2.22. The molecule has 0 aliphatic heterocycles. The molecule has 0 spiro atoms. The summed E-state index contributed by atoms with van der Waals surface area (Å²) < 4.78 is 0. The Morgan fingerprint density at radius 1 is 1.39 bits per heavy atom. The SMILES string of the molecule is CCC(CC(=O)O)NC(=O)NCc1ccncc1. The Morgan fingerprint density at radius 2 is 2.06 bits per heavy atom. The largest absolute Gasteiger partial charge is 0.481 e. The highest BCUT2D eigenvalue weighted by Crippen LogP contribution is 1.98. The molecule has 1 rings (SSSR count). The number of carboxylic acids is 1. The van der Waals surface area contributed by atoms with E-state index in [9.17, 15) is 9.59 Å². The molecule has 0 aliphatic rings. The van der Waals surface area contributed by atoms with Crippen molar-refractivity contribution in [3.8, 4) is 0 Å². The average molecular weight is 251 g/mol. The lowest BCUT2D eigenvalue weighted by molar-refractivity contribution is -0.137. The monoisotopic (exact) mass is 251 g/mol. The summed E-state index contributed by atoms with van der Waals surface area (Å²) in [6, 6.07) is 2.89. The molecule has 6 nitrogen and oxygen atoms in total. The molecule has 0 fully saturated rings. The quantitative estimate of drug-likeness (QED) is 0.707. The fraction of sp³-hybridized carbons (Fsp3) is 0.417. The number of urea groups is 1. The van der Waals surface area contributed by atoms with E-state index >= 15 is 0 Å². The van der Waals surface area contributed by atoms with Crippen molar-refractivity contribution < 1.29 is 14.7 Å². The minimum absolute atomic E-state index is 0.0703. The Kier molecular flexibility index (Phi) is 5.63. The third-order valence-electron chi connectivity index (χ3n) is 2.45. The van der Waals surface area contributed by atoms with Gasteiger partial charge in [-0.3, -0.25) is 9.78 Å². The second-order valence-electron chi connectivity index (χ2n) is 3.89. The predicted octanol–water partition coefficient (Wildman–Crippen LogP) is 1.13. The number of rotatable bonds is 6. The van der Waals surface area contributed by atoms with Crippen molar-refractivity contribution in [2.24, 2.45) is 0 Å². The molecule has 1 aromatic heterocycles. The fourth-order valence-corrected chi connectivity index (χ4v) is 1.43. The molecule has 0 radical (unpaired) electrons. The molecule has 18 heavy (non-hydrogen) atoms. The van der Waals surface area contributed by atoms with Gasteiger partial charge in [0.15, 0.2) is 0 Å². The molecule has 0 saturated carbocycles. The van der Waals surface area contributed by atoms with Gasteiger partial charge in [0, 0.05) is 25.0 Å². The van der Waals surface area contributed by atoms with E-state index in [1.807, 2.05) is 6.92 Å². The van der Waals surface area contributed by atoms with Crippen molar-refractivity contribution in [3.63, 3.8) is 0 Å². The third kappa shape index (κ3) is 5.29. The maximum atomic E-state index is 11.5. The van der Waals surface area contributed by atoms with Crippen LogP contribution in [0.2, 0.25) is 0 Å². The number of aliphatic carboxylic acids is 1. The van der Waals surface area contributed by atoms with Crippen LogP contribution in [0.1, 0.15) is 25.3 Å². The molecule has 6 heteroatoms. The summed E-state index contributed by atoms with van der Waals surface area (Å²) in [7, 11) is 0. The van der Waals surface area contributed by atoms with Crippen molar-refractivity contribution in [1.82, 2.24) is 15.6 Å². The molecular formula is C12H17N3O3. The van der Waals surface area contributed by atoms with E-state index < -0.39 is 5.97 Å². The molecule has 0 bridgehead atoms. The van der Waals surface area contributed by atoms with Crippen LogP contribution in [0.15, 0.2) is 24.5 Å². The normalized spacial score (nSPS) is 11.6. The highest BCUT2D eigenvalue weighted by molar-refractivity contribution is 5.75. The lowest BCUT2D eigenvalue weighted by Gasteiger charge is -2.15. The van der Waals surface area contributed by atoms with Gasteiger partial charge in [-0.2, -0.15) is 0 Å². The van der Waals surface area contributed by atoms with E-state index in [1.54, 1.807) is 24.5 Å². The van der Waals surface area contributed by atoms with Gasteiger partial charge in [-0.15, -0.1) is 0 Å². The van der Waals surface area contributed by atoms with Crippen LogP contribution >= 0.6 is 0 Å². The lowest BCUT2D eigenvalue weighted by Crippen LogP contribution is -2.42. The molecule has 1 atom stereocenters. The Labute approximate surface area is 105 Å². The lowest BCUT2D eigenvalue weighted by atomic mass is 10.1. The summed E-state index contributed by atoms with van der Waals surface area (Å²) in [6.07, 6.45) is 3.80. The van der Waals surface area contributed by atoms with Crippen LogP contribution < -0.4 is 10.6 Å². The molecule has 1 unspecified atom stereocenters. The van der Waals surface area contributed by atoms with E-state index in [4.69, 9.17) is 5.11 Å². The van der Waals surface area contributed by atoms with E-state index in [1.165, 1.54) is 0 Å². The maximum Gasteiger partial charge on any atom is 0.315 e. The van der Waals surface area contributed by atoms with Gasteiger partial charge in [-0.25, -0.2) is 4.79 Å². The number of nitrogens with one attached hydrogen (secondary N) is 2. The summed E-state index contributed by atoms with van der Waals surface area (Å²) >= 11 is 0. The number of carbonyl (C=O) groups excluding carboxylic acids is 1. The Morgan fingerprint density at radius 3 is 2.61 bits per heavy atom. The summed E-state index contributed by atoms with van der Waals surface area (Å²) in [5, 5.41) is 13.9. The zero-order valence-corrected chi connectivity index (χ0v) is 10.2. The predicted molar refractivity (Wildman–Crippen MR) is 65.9 cm³/mol. The van der Waals surface area contributed by atoms with Gasteiger partial charge in [-0.1, -0.05) is 6.92 Å². The van der Waals surface area contributed by atoms with Crippen molar-refractivity contribution in [1.29, 1.82) is 0 Å². The van der Waals surface area contributed by atoms with Crippen LogP contribution in [0.25, 0.3) is 0 Å². The minimum atomic E-state index is -0.920. The summed E-state index contributed by atoms with van der Waals surface area (Å²) in [5.74, 6) is -0.920. The first-order valence-electron chi connectivity index (χ1n) is 5.77. The second kappa shape index (κ2) is 7.26. The highest BCUT2D eigenvalue weighted by atomic mass is 16.4. The van der Waals surface area contributed by atoms with Gasteiger partial charge in [0.05, 0.1) is 6.42 Å². The van der Waals surface area contributed by atoms with E-state index in [0.717, 1.165) is 5.56 Å². The van der Waals surface area contributed by atoms with Crippen molar-refractivity contribution in [2.75, 3.05) is 0 Å². The average Bonchev–Trinajstić information content (AvgIpc) is 2.36. The van der Waals surface area contributed by atoms with E-state index in [0.29, 0.717) is 13.0 Å². The molecule has 0 aromatic carbocycles. The molecule has 0 aliphatic carbocycles. The van der Waals surface area contributed by atoms with Gasteiger partial charge in [0.2, 0.25) is 0 Å². The fourth-order valence-electron chi connectivity index (χ4n) is 1.43. The molecule has 3 N–H and O–H groups in total. The number of carboxylic acid groups (broad SMARTS) is 1. The first kappa shape index (κ1) is 14.0. The molecule has 1 heterocycles. The summed E-state index contributed by atoms with van der Waals surface area (Å²) in [4.78, 5) is 26.0. The molecule has 0 saturated heterocycles. The molecule has 1 aromatic rings. The third-order valence-corrected chi connectivity index (χ3v) is 2.45. The number of amides is 2. The van der Waals surface area contributed by atoms with Crippen LogP contribution in [0, 0.1) is 0 Å². The Bertz CT molecular complexity index is 395. The number of hydrogen-bond donors (Lipinski definition) is 3. The number of aromatic nitrogens is 1. The number of hydrogen-bond acceptors (Lipinski definition) is 3. The zero-order chi connectivity index (χ0) is 13.4. The van der Waals surface area contributed by atoms with Gasteiger partial charge in [0.25, 0.3) is 0 Å². The van der Waals surface area contributed by atoms with Crippen LogP contribution in [0.3, 0.4) is 0 Å². The standard InChI is InChI=1S/C12H17N3O3/c1-2-10(7-11(16)17)15-12(18)14-8-9-3-5-13-6-4-9/h3-6,10H,2,7-8H2,1H3,(H,16,17)(H2,14,15,18). The minimum Gasteiger partial charge on any atom is -0.481 e. The van der Waals surface area contributed by atoms with Gasteiger partial charge < -0.3 is 15.7 Å². The first-order valence-corrected chi connectivity index (χ1v) is 5.77. The van der Waals surface area contributed by atoms with Crippen molar-refractivity contribution in [2.45, 2.75) is 32.4 Å². The maximum absolute atomic E-state index is 11.5. The second-order valence-corrected chi connectivity index (χ2v) is 3.89. The van der Waals surface area contributed by atoms with Crippen LogP contribution in [0.5, 0.6) is 0 Å². The Balaban J connectivity index is 2.34. The van der Waals surface area contributed by atoms with Crippen molar-refractivity contribution >= 4 is 12.0 Å². The zero-order valence-electron chi connectivity index (χ0n) is 10.2. The van der Waals surface area contributed by atoms with Gasteiger partial charge in [-0.05, 0) is 24.1 Å². The smallest absolute Gasteiger partial charge is 0.315 e.